The second-order valence-electron chi connectivity index (χ2n) is 6.11. The molecule has 144 valence electrons. The minimum absolute atomic E-state index is 0.0995. The van der Waals surface area contributed by atoms with Crippen LogP contribution in [0.15, 0.2) is 48.5 Å². The Balaban J connectivity index is 1.72. The Bertz CT molecular complexity index is 999. The molecule has 3 rings (SSSR count). The van der Waals surface area contributed by atoms with Crippen LogP contribution in [0.3, 0.4) is 0 Å². The third-order valence-corrected chi connectivity index (χ3v) is 4.99. The van der Waals surface area contributed by atoms with Crippen LogP contribution in [0.2, 0.25) is 0 Å². The zero-order chi connectivity index (χ0) is 20.1. The number of hydrogen-bond donors (Lipinski definition) is 1. The Labute approximate surface area is 167 Å². The van der Waals surface area contributed by atoms with E-state index in [1.54, 1.807) is 13.2 Å². The quantitative estimate of drug-likeness (QED) is 0.601. The number of carbonyl (C=O) groups is 2. The second kappa shape index (κ2) is 8.67. The zero-order valence-electron chi connectivity index (χ0n) is 15.8. The van der Waals surface area contributed by atoms with E-state index in [0.29, 0.717) is 27.2 Å². The van der Waals surface area contributed by atoms with Gasteiger partial charge in [-0.15, -0.1) is 0 Å². The molecule has 0 fully saturated rings. The molecule has 0 atom stereocenters. The molecule has 1 N–H and O–H groups in total. The number of carbonyl (C=O) groups excluding carboxylic acids is 2. The normalized spacial score (nSPS) is 10.4. The lowest BCUT2D eigenvalue weighted by Crippen LogP contribution is -2.20. The van der Waals surface area contributed by atoms with Crippen LogP contribution >= 0.6 is 11.3 Å². The maximum atomic E-state index is 12.3. The van der Waals surface area contributed by atoms with E-state index in [2.05, 4.69) is 10.3 Å². The standard InChI is InChI=1S/C21H20N2O4S/c1-13-9-10-16(17(11-13)26-3)27-12-18(25)22-21-23-19(20(28-21)14(2)24)15-7-5-4-6-8-15/h4-11H,12H2,1-3H3,(H,22,23,25). The summed E-state index contributed by atoms with van der Waals surface area (Å²) in [4.78, 5) is 29.2. The minimum atomic E-state index is -0.369. The summed E-state index contributed by atoms with van der Waals surface area (Å²) in [5.41, 5.74) is 2.42. The average molecular weight is 396 g/mol. The van der Waals surface area contributed by atoms with Gasteiger partial charge in [-0.3, -0.25) is 14.9 Å². The van der Waals surface area contributed by atoms with E-state index in [9.17, 15) is 9.59 Å². The first-order chi connectivity index (χ1) is 13.5. The summed E-state index contributed by atoms with van der Waals surface area (Å²) in [5.74, 6) is 0.577. The number of methoxy groups -OCH3 is 1. The van der Waals surface area contributed by atoms with Crippen LogP contribution in [0, 0.1) is 6.92 Å². The maximum Gasteiger partial charge on any atom is 0.264 e. The van der Waals surface area contributed by atoms with Gasteiger partial charge in [0.15, 0.2) is 29.0 Å². The van der Waals surface area contributed by atoms with Crippen LogP contribution in [0.4, 0.5) is 5.13 Å². The van der Waals surface area contributed by atoms with E-state index in [1.807, 2.05) is 49.4 Å². The van der Waals surface area contributed by atoms with Crippen LogP contribution in [0.25, 0.3) is 11.3 Å². The zero-order valence-corrected chi connectivity index (χ0v) is 16.6. The van der Waals surface area contributed by atoms with Crippen LogP contribution in [-0.2, 0) is 4.79 Å². The first kappa shape index (κ1) is 19.6. The summed E-state index contributed by atoms with van der Waals surface area (Å²) in [6.07, 6.45) is 0. The summed E-state index contributed by atoms with van der Waals surface area (Å²) in [5, 5.41) is 3.05. The fraction of sp³-hybridized carbons (Fsp3) is 0.190. The van der Waals surface area contributed by atoms with Gasteiger partial charge in [0, 0.05) is 12.5 Å². The van der Waals surface area contributed by atoms with E-state index >= 15 is 0 Å². The largest absolute Gasteiger partial charge is 0.493 e. The lowest BCUT2D eigenvalue weighted by atomic mass is 10.1. The molecular weight excluding hydrogens is 376 g/mol. The van der Waals surface area contributed by atoms with Gasteiger partial charge in [-0.1, -0.05) is 47.7 Å². The van der Waals surface area contributed by atoms with E-state index < -0.39 is 0 Å². The van der Waals surface area contributed by atoms with Gasteiger partial charge in [0.25, 0.3) is 5.91 Å². The van der Waals surface area contributed by atoms with Crippen molar-refractivity contribution in [1.82, 2.24) is 4.98 Å². The number of thiazole rings is 1. The number of ketones is 1. The van der Waals surface area contributed by atoms with E-state index in [0.717, 1.165) is 22.5 Å². The van der Waals surface area contributed by atoms with Gasteiger partial charge in [-0.2, -0.15) is 0 Å². The molecule has 7 heteroatoms. The van der Waals surface area contributed by atoms with Crippen molar-refractivity contribution < 1.29 is 19.1 Å². The highest BCUT2D eigenvalue weighted by atomic mass is 32.1. The van der Waals surface area contributed by atoms with Crippen molar-refractivity contribution in [2.45, 2.75) is 13.8 Å². The fourth-order valence-corrected chi connectivity index (χ4v) is 3.50. The van der Waals surface area contributed by atoms with Crippen molar-refractivity contribution in [2.24, 2.45) is 0 Å². The first-order valence-electron chi connectivity index (χ1n) is 8.62. The monoisotopic (exact) mass is 396 g/mol. The van der Waals surface area contributed by atoms with E-state index in [-0.39, 0.29) is 18.3 Å². The highest BCUT2D eigenvalue weighted by Gasteiger charge is 2.18. The van der Waals surface area contributed by atoms with Crippen LogP contribution in [0.1, 0.15) is 22.2 Å². The Morgan fingerprint density at radius 2 is 1.86 bits per heavy atom. The number of rotatable bonds is 7. The molecule has 3 aromatic rings. The van der Waals surface area contributed by atoms with Gasteiger partial charge in [-0.05, 0) is 24.6 Å². The molecule has 0 aliphatic carbocycles. The van der Waals surface area contributed by atoms with Gasteiger partial charge in [-0.25, -0.2) is 4.98 Å². The number of Topliss-reactive ketones (excluding diaryl/α,β-unsaturated/α-hetero) is 1. The summed E-state index contributed by atoms with van der Waals surface area (Å²) >= 11 is 1.15. The molecule has 1 amide bonds. The smallest absolute Gasteiger partial charge is 0.264 e. The molecule has 1 aromatic heterocycles. The van der Waals surface area contributed by atoms with Gasteiger partial charge >= 0.3 is 0 Å². The number of benzene rings is 2. The molecule has 0 aliphatic rings. The Morgan fingerprint density at radius 1 is 1.11 bits per heavy atom. The number of nitrogens with one attached hydrogen (secondary N) is 1. The van der Waals surface area contributed by atoms with E-state index in [4.69, 9.17) is 9.47 Å². The summed E-state index contributed by atoms with van der Waals surface area (Å²) in [6.45, 7) is 3.23. The highest BCUT2D eigenvalue weighted by molar-refractivity contribution is 7.18. The first-order valence-corrected chi connectivity index (χ1v) is 9.44. The number of aryl methyl sites for hydroxylation is 1. The number of ether oxygens (including phenoxy) is 2. The van der Waals surface area contributed by atoms with Crippen molar-refractivity contribution in [1.29, 1.82) is 0 Å². The molecule has 6 nitrogen and oxygen atoms in total. The lowest BCUT2D eigenvalue weighted by molar-refractivity contribution is -0.118. The fourth-order valence-electron chi connectivity index (χ4n) is 2.60. The summed E-state index contributed by atoms with van der Waals surface area (Å²) < 4.78 is 10.8. The SMILES string of the molecule is COc1cc(C)ccc1OCC(=O)Nc1nc(-c2ccccc2)c(C(C)=O)s1. The molecule has 0 unspecified atom stereocenters. The van der Waals surface area contributed by atoms with Crippen molar-refractivity contribution >= 4 is 28.2 Å². The third kappa shape index (κ3) is 4.55. The molecule has 0 bridgehead atoms. The Kier molecular flexibility index (Phi) is 6.06. The summed E-state index contributed by atoms with van der Waals surface area (Å²) in [6, 6.07) is 14.9. The molecular formula is C21H20N2O4S. The molecule has 0 aliphatic heterocycles. The molecule has 2 aromatic carbocycles. The average Bonchev–Trinajstić information content (AvgIpc) is 3.11. The second-order valence-corrected chi connectivity index (χ2v) is 7.11. The third-order valence-electron chi connectivity index (χ3n) is 3.92. The molecule has 0 saturated carbocycles. The number of aromatic nitrogens is 1. The number of hydrogen-bond acceptors (Lipinski definition) is 6. The highest BCUT2D eigenvalue weighted by Crippen LogP contribution is 2.32. The Hall–Kier alpha value is -3.19. The van der Waals surface area contributed by atoms with Crippen LogP contribution < -0.4 is 14.8 Å². The summed E-state index contributed by atoms with van der Waals surface area (Å²) in [7, 11) is 1.55. The lowest BCUT2D eigenvalue weighted by Gasteiger charge is -2.10. The van der Waals surface area contributed by atoms with Gasteiger partial charge < -0.3 is 9.47 Å². The van der Waals surface area contributed by atoms with Gasteiger partial charge in [0.2, 0.25) is 0 Å². The minimum Gasteiger partial charge on any atom is -0.493 e. The molecule has 0 spiro atoms. The molecule has 1 heterocycles. The molecule has 0 saturated heterocycles. The maximum absolute atomic E-state index is 12.3. The number of anilines is 1. The van der Waals surface area contributed by atoms with Crippen LogP contribution in [0.5, 0.6) is 11.5 Å². The topological polar surface area (TPSA) is 77.5 Å². The van der Waals surface area contributed by atoms with Crippen molar-refractivity contribution in [3.63, 3.8) is 0 Å². The predicted octanol–water partition coefficient (Wildman–Crippen LogP) is 4.35. The number of nitrogens with zero attached hydrogens (tertiary/aromatic N) is 1. The Morgan fingerprint density at radius 3 is 2.54 bits per heavy atom. The van der Waals surface area contributed by atoms with Crippen LogP contribution in [-0.4, -0.2) is 30.4 Å². The predicted molar refractivity (Wildman–Crippen MR) is 109 cm³/mol. The molecule has 0 radical (unpaired) electrons. The molecule has 28 heavy (non-hydrogen) atoms. The van der Waals surface area contributed by atoms with Crippen molar-refractivity contribution in [3.8, 4) is 22.8 Å². The number of amides is 1. The van der Waals surface area contributed by atoms with Gasteiger partial charge in [0.1, 0.15) is 0 Å². The van der Waals surface area contributed by atoms with Gasteiger partial charge in [0.05, 0.1) is 17.7 Å². The van der Waals surface area contributed by atoms with E-state index in [1.165, 1.54) is 6.92 Å². The van der Waals surface area contributed by atoms with Crippen molar-refractivity contribution in [2.75, 3.05) is 19.0 Å². The van der Waals surface area contributed by atoms with Crippen molar-refractivity contribution in [3.05, 3.63) is 59.0 Å².